The van der Waals surface area contributed by atoms with E-state index in [0.29, 0.717) is 99.2 Å². The van der Waals surface area contributed by atoms with E-state index in [9.17, 15) is 9.90 Å². The molecule has 8 heterocycles. The Morgan fingerprint density at radius 3 is 2.11 bits per heavy atom. The zero-order chi connectivity index (χ0) is 55.9. The molecular weight excluding hydrogens is 1040 g/mol. The van der Waals surface area contributed by atoms with Crippen LogP contribution in [0.15, 0.2) is 115 Å². The number of piperidine rings is 1. The molecule has 82 heavy (non-hydrogen) atoms. The Kier molecular flexibility index (Phi) is 16.5. The number of benzene rings is 4. The highest BCUT2D eigenvalue weighted by Gasteiger charge is 2.30. The average molecular weight is 1110 g/mol. The van der Waals surface area contributed by atoms with Crippen LogP contribution in [0.1, 0.15) is 35.1 Å². The van der Waals surface area contributed by atoms with Crippen molar-refractivity contribution < 1.29 is 33.4 Å². The quantitative estimate of drug-likeness (QED) is 0.112. The van der Waals surface area contributed by atoms with Gasteiger partial charge in [-0.05, 0) is 59.8 Å². The molecule has 0 saturated carbocycles. The average Bonchev–Trinajstić information content (AvgIpc) is 3.71. The minimum Gasteiger partial charge on any atom is -0.493 e. The molecule has 0 spiro atoms. The summed E-state index contributed by atoms with van der Waals surface area (Å²) >= 11 is 0. The zero-order valence-electron chi connectivity index (χ0n) is 46.9. The summed E-state index contributed by atoms with van der Waals surface area (Å²) in [5.41, 5.74) is 6.32. The molecule has 1 atom stereocenters. The minimum atomic E-state index is -0.123. The van der Waals surface area contributed by atoms with Crippen LogP contribution in [0.5, 0.6) is 23.0 Å². The van der Waals surface area contributed by atoms with Gasteiger partial charge in [-0.2, -0.15) is 4.57 Å². The lowest BCUT2D eigenvalue weighted by Gasteiger charge is -2.36. The molecule has 426 valence electrons. The largest absolute Gasteiger partial charge is 0.493 e. The summed E-state index contributed by atoms with van der Waals surface area (Å²) in [5.74, 6) is 5.52. The number of hydrogen-bond acceptors (Lipinski definition) is 19. The van der Waals surface area contributed by atoms with E-state index in [0.717, 1.165) is 121 Å². The Labute approximate surface area is 476 Å². The van der Waals surface area contributed by atoms with Gasteiger partial charge >= 0.3 is 0 Å². The number of H-pyrrole nitrogens is 1. The second-order valence-corrected chi connectivity index (χ2v) is 21.5. The fourth-order valence-corrected chi connectivity index (χ4v) is 11.6. The summed E-state index contributed by atoms with van der Waals surface area (Å²) in [6.07, 6.45) is 12.0. The second kappa shape index (κ2) is 24.9. The van der Waals surface area contributed by atoms with E-state index in [2.05, 4.69) is 75.2 Å². The monoisotopic (exact) mass is 1110 g/mol. The fourth-order valence-electron chi connectivity index (χ4n) is 11.6. The van der Waals surface area contributed by atoms with Gasteiger partial charge in [0.15, 0.2) is 23.0 Å². The van der Waals surface area contributed by atoms with Crippen molar-refractivity contribution in [3.8, 4) is 28.7 Å². The summed E-state index contributed by atoms with van der Waals surface area (Å²) in [6.45, 7) is 10.8. The van der Waals surface area contributed by atoms with Crippen LogP contribution in [0.3, 0.4) is 0 Å². The number of hydrogen-bond donors (Lipinski definition) is 2. The molecule has 4 aliphatic heterocycles. The Morgan fingerprint density at radius 2 is 1.38 bits per heavy atom. The van der Waals surface area contributed by atoms with Gasteiger partial charge in [0, 0.05) is 146 Å². The molecular formula is C61H71N14O7+. The molecule has 0 aliphatic carbocycles. The molecule has 0 radical (unpaired) electrons. The molecule has 0 bridgehead atoms. The van der Waals surface area contributed by atoms with Crippen molar-refractivity contribution >= 4 is 45.3 Å². The first-order chi connectivity index (χ1) is 40.2. The van der Waals surface area contributed by atoms with Crippen molar-refractivity contribution in [1.29, 1.82) is 0 Å². The number of ether oxygens (including phenoxy) is 5. The van der Waals surface area contributed by atoms with Crippen molar-refractivity contribution in [1.82, 2.24) is 44.7 Å². The van der Waals surface area contributed by atoms with Gasteiger partial charge in [0.05, 0.1) is 38.3 Å². The summed E-state index contributed by atoms with van der Waals surface area (Å²) in [6, 6.07) is 26.5. The van der Waals surface area contributed by atoms with Gasteiger partial charge in [-0.3, -0.25) is 9.78 Å². The molecule has 1 unspecified atom stereocenters. The highest BCUT2D eigenvalue weighted by Crippen LogP contribution is 2.38. The van der Waals surface area contributed by atoms with Crippen molar-refractivity contribution in [2.45, 2.75) is 37.9 Å². The summed E-state index contributed by atoms with van der Waals surface area (Å²) in [7, 11) is 5.43. The SMILES string of the molecule is COc1cc2c(cc1OCC1CN(C)CCO1)c(N1CCN(c3ncc(Cc4ccccc4)c(=O)[nH]3)CC1)nc[n+]2-c1cccc(Cc2cnc(N3CCN(c4ncnc5cc(OC)c(OC6CCN(CCO)CC6)cc45)CC3)nc2)c1. The van der Waals surface area contributed by atoms with Crippen molar-refractivity contribution in [2.24, 2.45) is 0 Å². The van der Waals surface area contributed by atoms with Crippen molar-refractivity contribution in [3.63, 3.8) is 0 Å². The van der Waals surface area contributed by atoms with Gasteiger partial charge in [0.1, 0.15) is 42.2 Å². The number of fused-ring (bicyclic) bond motifs is 2. The smallest absolute Gasteiger partial charge is 0.294 e. The maximum atomic E-state index is 13.2. The number of aromatic amines is 1. The lowest BCUT2D eigenvalue weighted by atomic mass is 10.1. The van der Waals surface area contributed by atoms with Crippen LogP contribution in [0.25, 0.3) is 27.5 Å². The predicted octanol–water partition coefficient (Wildman–Crippen LogP) is 4.72. The van der Waals surface area contributed by atoms with Crippen LogP contribution < -0.4 is 48.7 Å². The van der Waals surface area contributed by atoms with Crippen LogP contribution in [-0.4, -0.2) is 188 Å². The van der Waals surface area contributed by atoms with Crippen LogP contribution in [0, 0.1) is 0 Å². The van der Waals surface area contributed by atoms with Crippen LogP contribution in [0.4, 0.5) is 23.5 Å². The highest BCUT2D eigenvalue weighted by molar-refractivity contribution is 5.92. The number of nitrogens with zero attached hydrogens (tertiary/aromatic N) is 13. The summed E-state index contributed by atoms with van der Waals surface area (Å²) < 4.78 is 33.1. The lowest BCUT2D eigenvalue weighted by Crippen LogP contribution is -2.48. The third kappa shape index (κ3) is 12.2. The number of likely N-dealkylation sites (N-methyl/N-ethyl adjacent to an activating group) is 1. The van der Waals surface area contributed by atoms with E-state index in [-0.39, 0.29) is 24.4 Å². The van der Waals surface area contributed by atoms with Crippen molar-refractivity contribution in [3.05, 3.63) is 143 Å². The van der Waals surface area contributed by atoms with E-state index in [4.69, 9.17) is 48.6 Å². The van der Waals surface area contributed by atoms with Gasteiger partial charge in [0.25, 0.3) is 17.7 Å². The third-order valence-corrected chi connectivity index (χ3v) is 16.1. The first-order valence-electron chi connectivity index (χ1n) is 28.5. The second-order valence-electron chi connectivity index (χ2n) is 21.5. The molecule has 21 heteroatoms. The molecule has 21 nitrogen and oxygen atoms in total. The van der Waals surface area contributed by atoms with Crippen LogP contribution in [-0.2, 0) is 17.6 Å². The Balaban J connectivity index is 0.735. The predicted molar refractivity (Wildman–Crippen MR) is 314 cm³/mol. The maximum Gasteiger partial charge on any atom is 0.294 e. The molecule has 2 N–H and O–H groups in total. The Hall–Kier alpha value is -8.24. The van der Waals surface area contributed by atoms with Gasteiger partial charge in [-0.15, -0.1) is 0 Å². The third-order valence-electron chi connectivity index (χ3n) is 16.1. The number of aliphatic hydroxyl groups excluding tert-OH is 1. The molecule has 4 aromatic carbocycles. The van der Waals surface area contributed by atoms with Gasteiger partial charge in [-0.25, -0.2) is 24.9 Å². The zero-order valence-corrected chi connectivity index (χ0v) is 46.9. The van der Waals surface area contributed by atoms with Crippen LogP contribution in [0.2, 0.25) is 0 Å². The molecule has 4 saturated heterocycles. The number of β-amino-alcohol motifs (C(OH)–C–C–N with tert-alkyl or cyclic N) is 1. The molecule has 8 aromatic rings. The standard InChI is InChI=1S/C61H70N14O7/c1-69-25-27-80-48(38-69)39-81-55-32-50-52(34-54(55)79-3)75(41-67-58(50)72-18-22-74(23-19-72)61-64-37-45(59(77)68-61)29-42-8-5-4-6-9-42)46-11-7-10-43(30-46)28-44-35-62-60(63-36-44)73-20-16-71(17-21-73)57-49-31-56(53(78-2)33-51(49)65-40-66-57)82-47-12-14-70(15-13-47)24-26-76/h4-11,30-37,40-41,47-48,76H,12-29,38-39H2,1-3H3/p+1. The summed E-state index contributed by atoms with van der Waals surface area (Å²) in [4.78, 5) is 58.8. The van der Waals surface area contributed by atoms with E-state index >= 15 is 0 Å². The Bertz CT molecular complexity index is 3540. The van der Waals surface area contributed by atoms with Crippen molar-refractivity contribution in [2.75, 3.05) is 146 Å². The molecule has 0 amide bonds. The summed E-state index contributed by atoms with van der Waals surface area (Å²) in [5, 5.41) is 11.2. The number of methoxy groups -OCH3 is 2. The highest BCUT2D eigenvalue weighted by atomic mass is 16.5. The number of morpholine rings is 1. The van der Waals surface area contributed by atoms with Gasteiger partial charge in [0.2, 0.25) is 11.9 Å². The minimum absolute atomic E-state index is 0.0577. The van der Waals surface area contributed by atoms with Gasteiger partial charge in [-0.1, -0.05) is 42.5 Å². The lowest BCUT2D eigenvalue weighted by molar-refractivity contribution is -0.570. The number of aromatic nitrogens is 8. The molecule has 4 aliphatic rings. The first-order valence-corrected chi connectivity index (χ1v) is 28.5. The Morgan fingerprint density at radius 1 is 0.671 bits per heavy atom. The number of aliphatic hydroxyl groups is 1. The normalized spacial score (nSPS) is 17.6. The number of anilines is 4. The number of likely N-dealkylation sites (tertiary alicyclic amines) is 1. The van der Waals surface area contributed by atoms with E-state index < -0.39 is 0 Å². The number of nitrogens with one attached hydrogen (secondary N) is 1. The maximum absolute atomic E-state index is 13.2. The topological polar surface area (TPSA) is 200 Å². The molecule has 4 fully saturated rings. The first kappa shape index (κ1) is 54.4. The fraction of sp³-hybridized carbons (Fsp3) is 0.410. The number of rotatable bonds is 18. The molecule has 4 aromatic heterocycles. The van der Waals surface area contributed by atoms with Crippen LogP contribution >= 0.6 is 0 Å². The van der Waals surface area contributed by atoms with E-state index in [1.54, 1.807) is 26.7 Å². The van der Waals surface area contributed by atoms with E-state index in [1.807, 2.05) is 73.3 Å². The molecule has 12 rings (SSSR count). The number of piperazine rings is 2. The van der Waals surface area contributed by atoms with Gasteiger partial charge < -0.3 is 58.2 Å². The van der Waals surface area contributed by atoms with E-state index in [1.165, 1.54) is 0 Å².